The highest BCUT2D eigenvalue weighted by molar-refractivity contribution is 8.16. The lowest BCUT2D eigenvalue weighted by Gasteiger charge is -2.41. The van der Waals surface area contributed by atoms with Crippen molar-refractivity contribution in [1.29, 1.82) is 0 Å². The second-order valence-electron chi connectivity index (χ2n) is 5.56. The van der Waals surface area contributed by atoms with Gasteiger partial charge in [0, 0.05) is 26.5 Å². The van der Waals surface area contributed by atoms with Crippen LogP contribution in [0.25, 0.3) is 0 Å². The predicted octanol–water partition coefficient (Wildman–Crippen LogP) is 1.01. The van der Waals surface area contributed by atoms with E-state index in [2.05, 4.69) is 4.99 Å². The molecule has 0 amide bonds. The Morgan fingerprint density at radius 3 is 2.32 bits per heavy atom. The van der Waals surface area contributed by atoms with Gasteiger partial charge in [-0.15, -0.1) is 0 Å². The zero-order chi connectivity index (χ0) is 18.6. The molecule has 8 nitrogen and oxygen atoms in total. The molecular formula is C15H21NO7S2. The third-order valence-corrected chi connectivity index (χ3v) is 5.37. The second kappa shape index (κ2) is 8.91. The first-order chi connectivity index (χ1) is 11.8. The van der Waals surface area contributed by atoms with Gasteiger partial charge in [0.25, 0.3) is 0 Å². The van der Waals surface area contributed by atoms with Gasteiger partial charge in [-0.25, -0.2) is 0 Å². The summed E-state index contributed by atoms with van der Waals surface area (Å²) >= 11 is 3.06. The molecule has 10 heteroatoms. The van der Waals surface area contributed by atoms with Gasteiger partial charge in [-0.1, -0.05) is 11.8 Å². The molecule has 0 aromatic heterocycles. The molecule has 0 saturated carbocycles. The van der Waals surface area contributed by atoms with Gasteiger partial charge in [-0.2, -0.15) is 11.8 Å². The van der Waals surface area contributed by atoms with Crippen molar-refractivity contribution < 1.29 is 33.3 Å². The summed E-state index contributed by atoms with van der Waals surface area (Å²) in [4.78, 5) is 38.8. The summed E-state index contributed by atoms with van der Waals surface area (Å²) in [6.45, 7) is 3.71. The van der Waals surface area contributed by atoms with Gasteiger partial charge < -0.3 is 18.9 Å². The van der Waals surface area contributed by atoms with E-state index in [-0.39, 0.29) is 12.0 Å². The average Bonchev–Trinajstić information content (AvgIpc) is 2.89. The van der Waals surface area contributed by atoms with Gasteiger partial charge in [0.2, 0.25) is 0 Å². The molecule has 0 radical (unpaired) electrons. The Hall–Kier alpha value is -1.26. The number of thioether (sulfide) groups is 2. The van der Waals surface area contributed by atoms with Crippen molar-refractivity contribution >= 4 is 46.5 Å². The Morgan fingerprint density at radius 2 is 1.76 bits per heavy atom. The minimum Gasteiger partial charge on any atom is -0.463 e. The lowest BCUT2D eigenvalue weighted by molar-refractivity contribution is -0.208. The Bertz CT molecular complexity index is 568. The zero-order valence-electron chi connectivity index (χ0n) is 14.4. The molecule has 0 aromatic carbocycles. The number of hydrogen-bond donors (Lipinski definition) is 0. The lowest BCUT2D eigenvalue weighted by atomic mass is 9.98. The molecule has 1 saturated heterocycles. The Kier molecular flexibility index (Phi) is 7.14. The number of ether oxygens (including phenoxy) is 4. The maximum Gasteiger partial charge on any atom is 0.303 e. The molecule has 1 fully saturated rings. The summed E-state index contributed by atoms with van der Waals surface area (Å²) in [5, 5.41) is 0.870. The van der Waals surface area contributed by atoms with Crippen molar-refractivity contribution in [2.24, 2.45) is 4.99 Å². The van der Waals surface area contributed by atoms with E-state index < -0.39 is 42.3 Å². The van der Waals surface area contributed by atoms with Gasteiger partial charge >= 0.3 is 17.9 Å². The molecule has 0 N–H and O–H groups in total. The Morgan fingerprint density at radius 1 is 1.12 bits per heavy atom. The van der Waals surface area contributed by atoms with Crippen LogP contribution in [-0.2, 0) is 33.3 Å². The molecule has 25 heavy (non-hydrogen) atoms. The number of rotatable bonds is 6. The topological polar surface area (TPSA) is 100 Å². The fourth-order valence-electron chi connectivity index (χ4n) is 2.64. The summed E-state index contributed by atoms with van der Waals surface area (Å²) in [7, 11) is 0. The highest BCUT2D eigenvalue weighted by Gasteiger charge is 2.52. The highest BCUT2D eigenvalue weighted by atomic mass is 32.2. The van der Waals surface area contributed by atoms with E-state index >= 15 is 0 Å². The van der Waals surface area contributed by atoms with E-state index in [0.717, 1.165) is 5.04 Å². The van der Waals surface area contributed by atoms with E-state index in [1.54, 1.807) is 11.8 Å². The molecular weight excluding hydrogens is 370 g/mol. The number of aliphatic imine (C=N–C) groups is 1. The summed E-state index contributed by atoms with van der Waals surface area (Å²) in [6, 6.07) is -0.478. The number of carbonyl (C=O) groups is 3. The van der Waals surface area contributed by atoms with Gasteiger partial charge in [0.05, 0.1) is 5.04 Å². The molecule has 2 aliphatic rings. The third kappa shape index (κ3) is 5.35. The molecule has 2 aliphatic heterocycles. The SMILES string of the molecule is CSCC1=N[C@@H]2[C@@H](OC(C)=O)[C@H](OC(C)=O)[C@@H](COC(C)=O)O[C@@H]2S1. The maximum atomic E-state index is 11.6. The molecule has 2 heterocycles. The molecule has 5 atom stereocenters. The monoisotopic (exact) mass is 391 g/mol. The maximum absolute atomic E-state index is 11.6. The summed E-state index contributed by atoms with van der Waals surface area (Å²) in [5.74, 6) is -0.820. The normalized spacial score (nSPS) is 30.9. The average molecular weight is 391 g/mol. The number of esters is 3. The van der Waals surface area contributed by atoms with Crippen LogP contribution in [0, 0.1) is 0 Å². The predicted molar refractivity (Wildman–Crippen MR) is 93.6 cm³/mol. The van der Waals surface area contributed by atoms with Gasteiger partial charge in [0.1, 0.15) is 24.2 Å². The number of nitrogens with zero attached hydrogens (tertiary/aromatic N) is 1. The summed E-state index contributed by atoms with van der Waals surface area (Å²) < 4.78 is 21.7. The van der Waals surface area contributed by atoms with Crippen LogP contribution in [0.15, 0.2) is 4.99 Å². The number of fused-ring (bicyclic) bond motifs is 1. The van der Waals surface area contributed by atoms with E-state index in [1.165, 1.54) is 32.5 Å². The van der Waals surface area contributed by atoms with Gasteiger partial charge in [-0.05, 0) is 6.26 Å². The van der Waals surface area contributed by atoms with E-state index in [9.17, 15) is 14.4 Å². The van der Waals surface area contributed by atoms with Gasteiger partial charge in [0.15, 0.2) is 12.2 Å². The molecule has 140 valence electrons. The van der Waals surface area contributed by atoms with Crippen molar-refractivity contribution in [3.63, 3.8) is 0 Å². The quantitative estimate of drug-likeness (QED) is 0.485. The Labute approximate surface area is 154 Å². The van der Waals surface area contributed by atoms with Gasteiger partial charge in [-0.3, -0.25) is 19.4 Å². The fourth-order valence-corrected chi connectivity index (χ4v) is 4.60. The standard InChI is InChI=1S/C15H21NO7S2/c1-7(17)20-5-10-13(21-8(2)18)14(22-9(3)19)12-15(23-10)25-11(16-12)6-24-4/h10,12-15H,5-6H2,1-4H3/t10-,12-,13-,14-,15-/m1/s1. The lowest BCUT2D eigenvalue weighted by Crippen LogP contribution is -2.59. The smallest absolute Gasteiger partial charge is 0.303 e. The van der Waals surface area contributed by atoms with Crippen LogP contribution in [0.2, 0.25) is 0 Å². The number of carbonyl (C=O) groups excluding carboxylic acids is 3. The summed E-state index contributed by atoms with van der Waals surface area (Å²) in [6.07, 6.45) is -0.483. The zero-order valence-corrected chi connectivity index (χ0v) is 16.1. The van der Waals surface area contributed by atoms with Crippen molar-refractivity contribution in [2.45, 2.75) is 50.6 Å². The second-order valence-corrected chi connectivity index (χ2v) is 7.60. The van der Waals surface area contributed by atoms with Crippen LogP contribution < -0.4 is 0 Å². The molecule has 0 spiro atoms. The van der Waals surface area contributed by atoms with Crippen LogP contribution in [0.4, 0.5) is 0 Å². The third-order valence-electron chi connectivity index (χ3n) is 3.48. The van der Waals surface area contributed by atoms with Crippen molar-refractivity contribution in [3.8, 4) is 0 Å². The van der Waals surface area contributed by atoms with Crippen LogP contribution >= 0.6 is 23.5 Å². The Balaban J connectivity index is 2.27. The van der Waals surface area contributed by atoms with Crippen molar-refractivity contribution in [2.75, 3.05) is 18.6 Å². The van der Waals surface area contributed by atoms with E-state index in [0.29, 0.717) is 5.75 Å². The van der Waals surface area contributed by atoms with Crippen molar-refractivity contribution in [3.05, 3.63) is 0 Å². The summed E-state index contributed by atoms with van der Waals surface area (Å²) in [5.41, 5.74) is -0.390. The largest absolute Gasteiger partial charge is 0.463 e. The minimum absolute atomic E-state index is 0.104. The first kappa shape index (κ1) is 20.1. The first-order valence-electron chi connectivity index (χ1n) is 7.67. The highest BCUT2D eigenvalue weighted by Crippen LogP contribution is 2.39. The number of hydrogen-bond acceptors (Lipinski definition) is 10. The first-order valence-corrected chi connectivity index (χ1v) is 9.94. The van der Waals surface area contributed by atoms with Crippen LogP contribution in [0.5, 0.6) is 0 Å². The molecule has 2 rings (SSSR count). The fraction of sp³-hybridized carbons (Fsp3) is 0.733. The molecule has 0 aromatic rings. The van der Waals surface area contributed by atoms with E-state index in [4.69, 9.17) is 18.9 Å². The van der Waals surface area contributed by atoms with Crippen LogP contribution in [0.3, 0.4) is 0 Å². The van der Waals surface area contributed by atoms with E-state index in [1.807, 2.05) is 6.26 Å². The van der Waals surface area contributed by atoms with Crippen molar-refractivity contribution in [1.82, 2.24) is 0 Å². The molecule has 0 unspecified atom stereocenters. The molecule has 0 aliphatic carbocycles. The molecule has 0 bridgehead atoms. The van der Waals surface area contributed by atoms with Crippen LogP contribution in [-0.4, -0.2) is 71.4 Å². The van der Waals surface area contributed by atoms with Crippen LogP contribution in [0.1, 0.15) is 20.8 Å². The minimum atomic E-state index is -0.903.